The van der Waals surface area contributed by atoms with Gasteiger partial charge < -0.3 is 0 Å². The minimum Gasteiger partial charge on any atom is -0.0628 e. The van der Waals surface area contributed by atoms with Crippen LogP contribution < -0.4 is 0 Å². The van der Waals surface area contributed by atoms with Gasteiger partial charge in [0.15, 0.2) is 0 Å². The number of hydrogen-bond donors (Lipinski definition) is 0. The Bertz CT molecular complexity index is 616. The fourth-order valence-electron chi connectivity index (χ4n) is 10.9. The van der Waals surface area contributed by atoms with E-state index in [1.807, 2.05) is 0 Å². The van der Waals surface area contributed by atoms with Crippen LogP contribution in [0.25, 0.3) is 0 Å². The first kappa shape index (κ1) is 23.2. The normalized spacial score (nSPS) is 48.7. The summed E-state index contributed by atoms with van der Waals surface area (Å²) in [7, 11) is 0. The van der Waals surface area contributed by atoms with Crippen molar-refractivity contribution in [1.82, 2.24) is 0 Å². The van der Waals surface area contributed by atoms with Gasteiger partial charge in [0, 0.05) is 0 Å². The molecule has 0 aliphatic heterocycles. The monoisotopic (exact) mass is 414 g/mol. The maximum atomic E-state index is 2.79. The van der Waals surface area contributed by atoms with E-state index in [4.69, 9.17) is 0 Å². The minimum absolute atomic E-state index is 0.568. The zero-order valence-corrected chi connectivity index (χ0v) is 21.9. The van der Waals surface area contributed by atoms with Crippen molar-refractivity contribution in [3.63, 3.8) is 0 Å². The second kappa shape index (κ2) is 7.80. The van der Waals surface area contributed by atoms with E-state index < -0.39 is 0 Å². The van der Waals surface area contributed by atoms with Crippen LogP contribution in [0.2, 0.25) is 0 Å². The van der Waals surface area contributed by atoms with Crippen LogP contribution in [0.15, 0.2) is 0 Å². The molecule has 174 valence electrons. The molecule has 4 fully saturated rings. The summed E-state index contributed by atoms with van der Waals surface area (Å²) in [5.74, 6) is 5.73. The van der Waals surface area contributed by atoms with Crippen molar-refractivity contribution in [1.29, 1.82) is 0 Å². The molecule has 4 rings (SSSR count). The fourth-order valence-corrected chi connectivity index (χ4v) is 10.9. The van der Waals surface area contributed by atoms with Gasteiger partial charge in [-0.25, -0.2) is 0 Å². The predicted octanol–water partition coefficient (Wildman–Crippen LogP) is 9.52. The van der Waals surface area contributed by atoms with Crippen LogP contribution in [0, 0.1) is 57.2 Å². The second-order valence-corrected chi connectivity index (χ2v) is 14.6. The van der Waals surface area contributed by atoms with Gasteiger partial charge >= 0.3 is 0 Å². The molecular formula is C30H54. The van der Waals surface area contributed by atoms with Crippen molar-refractivity contribution in [2.75, 3.05) is 0 Å². The predicted molar refractivity (Wildman–Crippen MR) is 131 cm³/mol. The lowest BCUT2D eigenvalue weighted by Gasteiger charge is -2.68. The van der Waals surface area contributed by atoms with E-state index in [0.29, 0.717) is 21.7 Å². The van der Waals surface area contributed by atoms with Crippen LogP contribution in [0.1, 0.15) is 132 Å². The van der Waals surface area contributed by atoms with Crippen molar-refractivity contribution in [3.8, 4) is 0 Å². The molecule has 0 spiro atoms. The standard InChI is InChI=1S/C30H54/c1-21(2)11-9-12-22(3)23-13-14-25-28(23,6)19-16-26-29(7)18-10-17-27(4,5)24(29)15-20-30(25,26)8/h21-26H,9-20H2,1-8H3/t22-,23+,24+,25+,26-,28+,29+,30+/m1/s1. The Hall–Kier alpha value is 0. The SMILES string of the molecule is CC(C)CCC[C@@H](C)[C@@H]1CC[C@@H]2[C@]3(C)CC[C@H]4C(C)(C)CCC[C@]4(C)[C@H]3CC[C@]21C. The Morgan fingerprint density at radius 1 is 0.633 bits per heavy atom. The summed E-state index contributed by atoms with van der Waals surface area (Å²) in [6, 6.07) is 0. The van der Waals surface area contributed by atoms with Gasteiger partial charge in [0.05, 0.1) is 0 Å². The quantitative estimate of drug-likeness (QED) is 0.420. The van der Waals surface area contributed by atoms with Crippen molar-refractivity contribution in [2.45, 2.75) is 132 Å². The molecule has 4 saturated carbocycles. The molecule has 0 bridgehead atoms. The minimum atomic E-state index is 0.568. The lowest BCUT2D eigenvalue weighted by molar-refractivity contribution is -0.190. The molecule has 0 unspecified atom stereocenters. The summed E-state index contributed by atoms with van der Waals surface area (Å²) < 4.78 is 0. The van der Waals surface area contributed by atoms with Crippen molar-refractivity contribution in [3.05, 3.63) is 0 Å². The molecule has 0 N–H and O–H groups in total. The Morgan fingerprint density at radius 3 is 1.93 bits per heavy atom. The molecular weight excluding hydrogens is 360 g/mol. The molecule has 0 aromatic carbocycles. The summed E-state index contributed by atoms with van der Waals surface area (Å²) in [5.41, 5.74) is 2.41. The largest absolute Gasteiger partial charge is 0.0628 e. The van der Waals surface area contributed by atoms with Crippen LogP contribution in [-0.4, -0.2) is 0 Å². The molecule has 4 aliphatic carbocycles. The third kappa shape index (κ3) is 3.44. The van der Waals surface area contributed by atoms with E-state index in [0.717, 1.165) is 35.5 Å². The van der Waals surface area contributed by atoms with E-state index in [2.05, 4.69) is 55.4 Å². The summed E-state index contributed by atoms with van der Waals surface area (Å²) in [6.07, 6.45) is 18.0. The van der Waals surface area contributed by atoms with E-state index in [-0.39, 0.29) is 0 Å². The molecule has 0 radical (unpaired) electrons. The van der Waals surface area contributed by atoms with E-state index in [1.165, 1.54) is 77.0 Å². The van der Waals surface area contributed by atoms with Crippen LogP contribution in [0.5, 0.6) is 0 Å². The molecule has 0 aromatic rings. The number of rotatable bonds is 5. The van der Waals surface area contributed by atoms with Crippen molar-refractivity contribution in [2.24, 2.45) is 57.2 Å². The Kier molecular flexibility index (Phi) is 6.02. The first-order chi connectivity index (χ1) is 13.9. The van der Waals surface area contributed by atoms with Gasteiger partial charge in [-0.3, -0.25) is 0 Å². The fraction of sp³-hybridized carbons (Fsp3) is 1.00. The molecule has 8 atom stereocenters. The number of hydrogen-bond acceptors (Lipinski definition) is 0. The molecule has 0 amide bonds. The van der Waals surface area contributed by atoms with Gasteiger partial charge in [0.2, 0.25) is 0 Å². The summed E-state index contributed by atoms with van der Waals surface area (Å²) in [6.45, 7) is 20.9. The van der Waals surface area contributed by atoms with Gasteiger partial charge in [0.1, 0.15) is 0 Å². The second-order valence-electron chi connectivity index (χ2n) is 14.6. The highest BCUT2D eigenvalue weighted by atomic mass is 14.7. The Labute approximate surface area is 189 Å². The van der Waals surface area contributed by atoms with Crippen LogP contribution in [0.4, 0.5) is 0 Å². The molecule has 0 aromatic heterocycles. The maximum absolute atomic E-state index is 2.79. The van der Waals surface area contributed by atoms with Crippen LogP contribution >= 0.6 is 0 Å². The van der Waals surface area contributed by atoms with E-state index in [1.54, 1.807) is 0 Å². The Balaban J connectivity index is 1.55. The van der Waals surface area contributed by atoms with Crippen LogP contribution in [0.3, 0.4) is 0 Å². The van der Waals surface area contributed by atoms with Gasteiger partial charge in [-0.2, -0.15) is 0 Å². The zero-order valence-electron chi connectivity index (χ0n) is 21.9. The van der Waals surface area contributed by atoms with Gasteiger partial charge in [-0.05, 0) is 109 Å². The summed E-state index contributed by atoms with van der Waals surface area (Å²) >= 11 is 0. The van der Waals surface area contributed by atoms with Gasteiger partial charge in [0.25, 0.3) is 0 Å². The van der Waals surface area contributed by atoms with Gasteiger partial charge in [-0.1, -0.05) is 81.1 Å². The van der Waals surface area contributed by atoms with Gasteiger partial charge in [-0.15, -0.1) is 0 Å². The first-order valence-electron chi connectivity index (χ1n) is 13.9. The maximum Gasteiger partial charge on any atom is -0.0259 e. The molecule has 30 heavy (non-hydrogen) atoms. The van der Waals surface area contributed by atoms with E-state index in [9.17, 15) is 0 Å². The topological polar surface area (TPSA) is 0 Å². The average molecular weight is 415 g/mol. The molecule has 0 heteroatoms. The molecule has 4 aliphatic rings. The van der Waals surface area contributed by atoms with Crippen molar-refractivity contribution < 1.29 is 0 Å². The molecule has 0 saturated heterocycles. The molecule has 0 heterocycles. The van der Waals surface area contributed by atoms with Crippen molar-refractivity contribution >= 4 is 0 Å². The zero-order chi connectivity index (χ0) is 21.9. The third-order valence-corrected chi connectivity index (χ3v) is 12.1. The number of fused-ring (bicyclic) bond motifs is 5. The first-order valence-corrected chi connectivity index (χ1v) is 13.9. The lowest BCUT2D eigenvalue weighted by atomic mass is 9.37. The lowest BCUT2D eigenvalue weighted by Crippen LogP contribution is -2.60. The smallest absolute Gasteiger partial charge is 0.0259 e. The third-order valence-electron chi connectivity index (χ3n) is 12.1. The molecule has 0 nitrogen and oxygen atoms in total. The average Bonchev–Trinajstić information content (AvgIpc) is 2.98. The van der Waals surface area contributed by atoms with E-state index >= 15 is 0 Å². The van der Waals surface area contributed by atoms with Crippen LogP contribution in [-0.2, 0) is 0 Å². The highest BCUT2D eigenvalue weighted by Gasteiger charge is 2.66. The summed E-state index contributed by atoms with van der Waals surface area (Å²) in [5, 5.41) is 0. The highest BCUT2D eigenvalue weighted by Crippen LogP contribution is 2.74. The highest BCUT2D eigenvalue weighted by molar-refractivity contribution is 5.15. The summed E-state index contributed by atoms with van der Waals surface area (Å²) in [4.78, 5) is 0. The Morgan fingerprint density at radius 2 is 1.23 bits per heavy atom.